The van der Waals surface area contributed by atoms with Gasteiger partial charge in [-0.15, -0.1) is 0 Å². The molecule has 0 aliphatic carbocycles. The molecule has 2 N–H and O–H groups in total. The number of anilines is 2. The van der Waals surface area contributed by atoms with Gasteiger partial charge < -0.3 is 20.1 Å². The summed E-state index contributed by atoms with van der Waals surface area (Å²) in [5.41, 5.74) is 2.87. The number of nitrogens with one attached hydrogen (secondary N) is 2. The summed E-state index contributed by atoms with van der Waals surface area (Å²) in [5.74, 6) is 0.628. The Bertz CT molecular complexity index is 1050. The van der Waals surface area contributed by atoms with Crippen LogP contribution in [0.4, 0.5) is 11.4 Å². The fourth-order valence-electron chi connectivity index (χ4n) is 2.76. The zero-order valence-corrected chi connectivity index (χ0v) is 15.1. The molecule has 0 spiro atoms. The van der Waals surface area contributed by atoms with Crippen LogP contribution in [0.3, 0.4) is 0 Å². The minimum absolute atomic E-state index is 0.171. The molecule has 0 radical (unpaired) electrons. The maximum atomic E-state index is 12.4. The number of amides is 2. The molecule has 1 aromatic heterocycles. The summed E-state index contributed by atoms with van der Waals surface area (Å²) < 4.78 is 10.5. The van der Waals surface area contributed by atoms with E-state index < -0.39 is 0 Å². The van der Waals surface area contributed by atoms with Crippen LogP contribution in [0.2, 0.25) is 0 Å². The molecule has 0 saturated carbocycles. The topological polar surface area (TPSA) is 89.6 Å². The van der Waals surface area contributed by atoms with Crippen molar-refractivity contribution >= 4 is 23.2 Å². The van der Waals surface area contributed by atoms with Gasteiger partial charge in [0.15, 0.2) is 11.5 Å². The molecule has 140 valence electrons. The molecule has 1 aliphatic rings. The molecular formula is C21H17N3O4. The Morgan fingerprint density at radius 2 is 1.68 bits per heavy atom. The van der Waals surface area contributed by atoms with Crippen molar-refractivity contribution in [2.24, 2.45) is 0 Å². The molecular weight excluding hydrogens is 358 g/mol. The Kier molecular flexibility index (Phi) is 4.63. The van der Waals surface area contributed by atoms with E-state index in [-0.39, 0.29) is 24.3 Å². The van der Waals surface area contributed by atoms with E-state index in [2.05, 4.69) is 15.6 Å². The lowest BCUT2D eigenvalue weighted by atomic mass is 10.1. The molecule has 28 heavy (non-hydrogen) atoms. The number of ether oxygens (including phenoxy) is 2. The van der Waals surface area contributed by atoms with Gasteiger partial charge in [0.05, 0.1) is 11.9 Å². The maximum absolute atomic E-state index is 12.4. The first-order chi connectivity index (χ1) is 13.6. The Labute approximate surface area is 161 Å². The fourth-order valence-corrected chi connectivity index (χ4v) is 2.76. The predicted molar refractivity (Wildman–Crippen MR) is 104 cm³/mol. The van der Waals surface area contributed by atoms with E-state index in [9.17, 15) is 9.59 Å². The van der Waals surface area contributed by atoms with Crippen molar-refractivity contribution in [1.82, 2.24) is 4.98 Å². The molecule has 4 rings (SSSR count). The van der Waals surface area contributed by atoms with Gasteiger partial charge in [-0.1, -0.05) is 17.7 Å². The highest BCUT2D eigenvalue weighted by Gasteiger charge is 2.15. The van der Waals surface area contributed by atoms with E-state index in [1.807, 2.05) is 19.1 Å². The normalized spacial score (nSPS) is 11.8. The third-order valence-corrected chi connectivity index (χ3v) is 4.16. The summed E-state index contributed by atoms with van der Waals surface area (Å²) in [6.07, 6.45) is 1.45. The van der Waals surface area contributed by atoms with Crippen LogP contribution in [-0.4, -0.2) is 23.6 Å². The average Bonchev–Trinajstić information content (AvgIpc) is 3.16. The lowest BCUT2D eigenvalue weighted by molar-refractivity contribution is 0.101. The maximum Gasteiger partial charge on any atom is 0.274 e. The monoisotopic (exact) mass is 375 g/mol. The van der Waals surface area contributed by atoms with Gasteiger partial charge in [0, 0.05) is 17.3 Å². The number of aromatic nitrogens is 1. The molecule has 1 aliphatic heterocycles. The summed E-state index contributed by atoms with van der Waals surface area (Å²) in [7, 11) is 0. The summed E-state index contributed by atoms with van der Waals surface area (Å²) in [5, 5.41) is 5.52. The minimum atomic E-state index is -0.365. The van der Waals surface area contributed by atoms with Gasteiger partial charge in [-0.25, -0.2) is 4.98 Å². The van der Waals surface area contributed by atoms with Crippen LogP contribution in [0, 0.1) is 6.92 Å². The largest absolute Gasteiger partial charge is 0.454 e. The van der Waals surface area contributed by atoms with Crippen LogP contribution in [0.15, 0.2) is 60.8 Å². The Morgan fingerprint density at radius 1 is 0.893 bits per heavy atom. The number of carbonyl (C=O) groups excluding carboxylic acids is 2. The number of pyridine rings is 1. The summed E-state index contributed by atoms with van der Waals surface area (Å²) in [4.78, 5) is 28.8. The Hall–Kier alpha value is -3.87. The molecule has 2 aromatic carbocycles. The van der Waals surface area contributed by atoms with Crippen LogP contribution in [-0.2, 0) is 0 Å². The molecule has 7 heteroatoms. The Morgan fingerprint density at radius 3 is 2.46 bits per heavy atom. The second kappa shape index (κ2) is 7.40. The quantitative estimate of drug-likeness (QED) is 0.727. The molecule has 2 amide bonds. The van der Waals surface area contributed by atoms with Crippen molar-refractivity contribution < 1.29 is 19.1 Å². The van der Waals surface area contributed by atoms with E-state index in [4.69, 9.17) is 9.47 Å². The van der Waals surface area contributed by atoms with E-state index in [0.29, 0.717) is 28.4 Å². The Balaban J connectivity index is 1.41. The highest BCUT2D eigenvalue weighted by atomic mass is 16.7. The van der Waals surface area contributed by atoms with Crippen LogP contribution >= 0.6 is 0 Å². The molecule has 3 aromatic rings. The predicted octanol–water partition coefficient (Wildman–Crippen LogP) is 3.62. The average molecular weight is 375 g/mol. The van der Waals surface area contributed by atoms with E-state index >= 15 is 0 Å². The first-order valence-electron chi connectivity index (χ1n) is 8.63. The van der Waals surface area contributed by atoms with E-state index in [0.717, 1.165) is 5.56 Å². The molecule has 2 heterocycles. The zero-order valence-electron chi connectivity index (χ0n) is 15.1. The second-order valence-electron chi connectivity index (χ2n) is 6.28. The molecule has 0 atom stereocenters. The van der Waals surface area contributed by atoms with E-state index in [1.54, 1.807) is 42.5 Å². The van der Waals surface area contributed by atoms with Crippen molar-refractivity contribution in [2.45, 2.75) is 6.92 Å². The first kappa shape index (κ1) is 17.5. The van der Waals surface area contributed by atoms with Crippen LogP contribution in [0.5, 0.6) is 11.5 Å². The number of hydrogen-bond donors (Lipinski definition) is 2. The number of hydrogen-bond acceptors (Lipinski definition) is 5. The molecule has 0 saturated heterocycles. The number of carbonyl (C=O) groups is 2. The number of rotatable bonds is 4. The number of benzene rings is 2. The first-order valence-corrected chi connectivity index (χ1v) is 8.63. The molecule has 0 fully saturated rings. The van der Waals surface area contributed by atoms with Gasteiger partial charge in [0.2, 0.25) is 6.79 Å². The second-order valence-corrected chi connectivity index (χ2v) is 6.28. The van der Waals surface area contributed by atoms with Crippen molar-refractivity contribution in [1.29, 1.82) is 0 Å². The third-order valence-electron chi connectivity index (χ3n) is 4.16. The van der Waals surface area contributed by atoms with Gasteiger partial charge in [0.1, 0.15) is 5.69 Å². The number of nitrogens with zero attached hydrogens (tertiary/aromatic N) is 1. The van der Waals surface area contributed by atoms with Gasteiger partial charge >= 0.3 is 0 Å². The van der Waals surface area contributed by atoms with Gasteiger partial charge in [-0.05, 0) is 43.3 Å². The van der Waals surface area contributed by atoms with Crippen LogP contribution < -0.4 is 20.1 Å². The fraction of sp³-hybridized carbons (Fsp3) is 0.0952. The van der Waals surface area contributed by atoms with Crippen molar-refractivity contribution in [3.8, 4) is 11.5 Å². The van der Waals surface area contributed by atoms with Crippen molar-refractivity contribution in [3.63, 3.8) is 0 Å². The SMILES string of the molecule is Cc1cccc(C(=O)Nc2ccc(C(=O)Nc3ccc4c(c3)OCO4)nc2)c1. The highest BCUT2D eigenvalue weighted by Crippen LogP contribution is 2.34. The van der Waals surface area contributed by atoms with E-state index in [1.165, 1.54) is 6.20 Å². The van der Waals surface area contributed by atoms with Gasteiger partial charge in [-0.2, -0.15) is 0 Å². The summed E-state index contributed by atoms with van der Waals surface area (Å²) in [6, 6.07) is 15.6. The third kappa shape index (κ3) is 3.78. The number of fused-ring (bicyclic) bond motifs is 1. The molecule has 7 nitrogen and oxygen atoms in total. The summed E-state index contributed by atoms with van der Waals surface area (Å²) >= 11 is 0. The lowest BCUT2D eigenvalue weighted by Crippen LogP contribution is -2.15. The molecule has 0 bridgehead atoms. The van der Waals surface area contributed by atoms with Crippen molar-refractivity contribution in [3.05, 3.63) is 77.6 Å². The smallest absolute Gasteiger partial charge is 0.274 e. The minimum Gasteiger partial charge on any atom is -0.454 e. The zero-order chi connectivity index (χ0) is 19.5. The van der Waals surface area contributed by atoms with Crippen LogP contribution in [0.25, 0.3) is 0 Å². The van der Waals surface area contributed by atoms with Crippen LogP contribution in [0.1, 0.15) is 26.4 Å². The van der Waals surface area contributed by atoms with Gasteiger partial charge in [-0.3, -0.25) is 9.59 Å². The standard InChI is InChI=1S/C21H17N3O4/c1-13-3-2-4-14(9-13)20(25)24-16-5-7-17(22-11-16)21(26)23-15-6-8-18-19(10-15)28-12-27-18/h2-11H,12H2,1H3,(H,23,26)(H,24,25). The number of aryl methyl sites for hydroxylation is 1. The van der Waals surface area contributed by atoms with Crippen molar-refractivity contribution in [2.75, 3.05) is 17.4 Å². The lowest BCUT2D eigenvalue weighted by Gasteiger charge is -2.08. The van der Waals surface area contributed by atoms with Gasteiger partial charge in [0.25, 0.3) is 11.8 Å². The summed E-state index contributed by atoms with van der Waals surface area (Å²) in [6.45, 7) is 2.09. The molecule has 0 unspecified atom stereocenters. The highest BCUT2D eigenvalue weighted by molar-refractivity contribution is 6.05.